The van der Waals surface area contributed by atoms with Crippen LogP contribution in [0.25, 0.3) is 0 Å². The Hall–Kier alpha value is -1.71. The molecule has 0 saturated heterocycles. The van der Waals surface area contributed by atoms with Gasteiger partial charge in [0.05, 0.1) is 0 Å². The van der Waals surface area contributed by atoms with Crippen molar-refractivity contribution in [3.63, 3.8) is 0 Å². The van der Waals surface area contributed by atoms with E-state index in [-0.39, 0.29) is 12.1 Å². The van der Waals surface area contributed by atoms with Gasteiger partial charge >= 0.3 is 6.09 Å². The Morgan fingerprint density at radius 2 is 1.72 bits per heavy atom. The molecular formula is C14H22N2O2. The lowest BCUT2D eigenvalue weighted by molar-refractivity contribution is 0.0570. The number of amides is 1. The van der Waals surface area contributed by atoms with Gasteiger partial charge in [0.1, 0.15) is 5.60 Å². The molecule has 0 atom stereocenters. The molecule has 0 aromatic heterocycles. The van der Waals surface area contributed by atoms with Gasteiger partial charge in [-0.25, -0.2) is 4.79 Å². The van der Waals surface area contributed by atoms with Crippen LogP contribution < -0.4 is 10.6 Å². The van der Waals surface area contributed by atoms with E-state index in [1.54, 1.807) is 17.0 Å². The van der Waals surface area contributed by atoms with Crippen molar-refractivity contribution in [3.8, 4) is 0 Å². The summed E-state index contributed by atoms with van der Waals surface area (Å²) in [4.78, 5) is 13.8. The minimum Gasteiger partial charge on any atom is -0.443 e. The molecule has 0 bridgehead atoms. The second-order valence-corrected chi connectivity index (χ2v) is 5.54. The predicted octanol–water partition coefficient (Wildman–Crippen LogP) is 3.42. The molecule has 0 aliphatic carbocycles. The average molecular weight is 250 g/mol. The van der Waals surface area contributed by atoms with Crippen LogP contribution in [0.15, 0.2) is 24.3 Å². The molecule has 2 N–H and O–H groups in total. The van der Waals surface area contributed by atoms with Crippen molar-refractivity contribution in [1.29, 1.82) is 0 Å². The Labute approximate surface area is 109 Å². The van der Waals surface area contributed by atoms with Gasteiger partial charge in [-0.05, 0) is 58.9 Å². The van der Waals surface area contributed by atoms with E-state index in [1.807, 2.05) is 46.8 Å². The van der Waals surface area contributed by atoms with Gasteiger partial charge in [-0.15, -0.1) is 0 Å². The minimum atomic E-state index is -0.502. The van der Waals surface area contributed by atoms with Gasteiger partial charge in [-0.1, -0.05) is 0 Å². The Kier molecular flexibility index (Phi) is 4.22. The maximum Gasteiger partial charge on any atom is 0.415 e. The maximum atomic E-state index is 12.2. The smallest absolute Gasteiger partial charge is 0.415 e. The van der Waals surface area contributed by atoms with Crippen molar-refractivity contribution in [2.24, 2.45) is 0 Å². The van der Waals surface area contributed by atoms with Gasteiger partial charge in [-0.3, -0.25) is 4.90 Å². The molecule has 1 aromatic carbocycles. The largest absolute Gasteiger partial charge is 0.443 e. The summed E-state index contributed by atoms with van der Waals surface area (Å²) < 4.78 is 5.40. The molecule has 100 valence electrons. The fourth-order valence-electron chi connectivity index (χ4n) is 1.56. The molecule has 1 rings (SSSR count). The molecule has 0 aliphatic rings. The van der Waals surface area contributed by atoms with Crippen LogP contribution in [0.3, 0.4) is 0 Å². The van der Waals surface area contributed by atoms with E-state index in [1.165, 1.54) is 0 Å². The third kappa shape index (κ3) is 3.95. The number of anilines is 2. The summed E-state index contributed by atoms with van der Waals surface area (Å²) in [5.74, 6) is 0. The Balaban J connectivity index is 2.96. The molecule has 0 unspecified atom stereocenters. The van der Waals surface area contributed by atoms with Gasteiger partial charge in [0.25, 0.3) is 0 Å². The van der Waals surface area contributed by atoms with E-state index >= 15 is 0 Å². The van der Waals surface area contributed by atoms with Gasteiger partial charge < -0.3 is 10.5 Å². The van der Waals surface area contributed by atoms with Crippen molar-refractivity contribution < 1.29 is 9.53 Å². The first-order valence-electron chi connectivity index (χ1n) is 6.08. The molecule has 4 nitrogen and oxygen atoms in total. The number of carbonyl (C=O) groups excluding carboxylic acids is 1. The minimum absolute atomic E-state index is 0.0171. The number of benzene rings is 1. The summed E-state index contributed by atoms with van der Waals surface area (Å²) in [6.45, 7) is 9.45. The molecule has 0 heterocycles. The number of nitrogens with zero attached hydrogens (tertiary/aromatic N) is 1. The van der Waals surface area contributed by atoms with Gasteiger partial charge in [0.2, 0.25) is 0 Å². The molecule has 0 radical (unpaired) electrons. The van der Waals surface area contributed by atoms with Crippen LogP contribution in [-0.2, 0) is 4.74 Å². The van der Waals surface area contributed by atoms with Crippen molar-refractivity contribution >= 4 is 17.5 Å². The van der Waals surface area contributed by atoms with Gasteiger partial charge in [-0.2, -0.15) is 0 Å². The van der Waals surface area contributed by atoms with Crippen molar-refractivity contribution in [3.05, 3.63) is 24.3 Å². The normalized spacial score (nSPS) is 11.4. The Morgan fingerprint density at radius 3 is 2.11 bits per heavy atom. The van der Waals surface area contributed by atoms with E-state index < -0.39 is 5.60 Å². The summed E-state index contributed by atoms with van der Waals surface area (Å²) in [6.07, 6.45) is -0.345. The zero-order valence-electron chi connectivity index (χ0n) is 11.7. The Morgan fingerprint density at radius 1 is 1.22 bits per heavy atom. The fourth-order valence-corrected chi connectivity index (χ4v) is 1.56. The van der Waals surface area contributed by atoms with Crippen LogP contribution in [0.2, 0.25) is 0 Å². The highest BCUT2D eigenvalue weighted by atomic mass is 16.6. The molecule has 0 aliphatic heterocycles. The number of nitrogens with two attached hydrogens (primary N) is 1. The highest BCUT2D eigenvalue weighted by Gasteiger charge is 2.25. The van der Waals surface area contributed by atoms with E-state index in [0.717, 1.165) is 5.69 Å². The highest BCUT2D eigenvalue weighted by molar-refractivity contribution is 5.88. The quantitative estimate of drug-likeness (QED) is 0.818. The fraction of sp³-hybridized carbons (Fsp3) is 0.500. The average Bonchev–Trinajstić information content (AvgIpc) is 2.18. The molecule has 1 aromatic rings. The van der Waals surface area contributed by atoms with Crippen LogP contribution in [0.4, 0.5) is 16.2 Å². The van der Waals surface area contributed by atoms with E-state index in [0.29, 0.717) is 5.69 Å². The molecule has 0 spiro atoms. The number of hydrogen-bond donors (Lipinski definition) is 1. The van der Waals surface area contributed by atoms with Crippen molar-refractivity contribution in [2.45, 2.75) is 46.3 Å². The maximum absolute atomic E-state index is 12.2. The topological polar surface area (TPSA) is 55.6 Å². The van der Waals surface area contributed by atoms with E-state index in [4.69, 9.17) is 10.5 Å². The molecule has 18 heavy (non-hydrogen) atoms. The molecule has 1 amide bonds. The van der Waals surface area contributed by atoms with Gasteiger partial charge in [0, 0.05) is 17.4 Å². The first kappa shape index (κ1) is 14.4. The zero-order chi connectivity index (χ0) is 13.9. The number of nitrogen functional groups attached to an aromatic ring is 1. The third-order valence-corrected chi connectivity index (χ3v) is 2.28. The van der Waals surface area contributed by atoms with Crippen molar-refractivity contribution in [1.82, 2.24) is 0 Å². The number of rotatable bonds is 2. The summed E-state index contributed by atoms with van der Waals surface area (Å²) in [5, 5.41) is 0. The summed E-state index contributed by atoms with van der Waals surface area (Å²) in [7, 11) is 0. The molecule has 0 saturated carbocycles. The van der Waals surface area contributed by atoms with E-state index in [2.05, 4.69) is 0 Å². The second kappa shape index (κ2) is 5.29. The van der Waals surface area contributed by atoms with Crippen LogP contribution in [0.5, 0.6) is 0 Å². The number of ether oxygens (including phenoxy) is 1. The zero-order valence-corrected chi connectivity index (χ0v) is 11.7. The van der Waals surface area contributed by atoms with Crippen molar-refractivity contribution in [2.75, 3.05) is 10.6 Å². The lowest BCUT2D eigenvalue weighted by Gasteiger charge is -2.30. The Bertz CT molecular complexity index is 405. The summed E-state index contributed by atoms with van der Waals surface area (Å²) >= 11 is 0. The van der Waals surface area contributed by atoms with Crippen LogP contribution in [-0.4, -0.2) is 17.7 Å². The monoisotopic (exact) mass is 250 g/mol. The van der Waals surface area contributed by atoms with Crippen LogP contribution >= 0.6 is 0 Å². The lowest BCUT2D eigenvalue weighted by atomic mass is 10.2. The third-order valence-electron chi connectivity index (χ3n) is 2.28. The number of carbonyl (C=O) groups is 1. The molecular weight excluding hydrogens is 228 g/mol. The molecule has 4 heteroatoms. The summed E-state index contributed by atoms with van der Waals surface area (Å²) in [6, 6.07) is 7.20. The summed E-state index contributed by atoms with van der Waals surface area (Å²) in [5.41, 5.74) is 6.60. The lowest BCUT2D eigenvalue weighted by Crippen LogP contribution is -2.41. The second-order valence-electron chi connectivity index (χ2n) is 5.54. The standard InChI is InChI=1S/C14H22N2O2/c1-10(2)16(13(17)18-14(3,4)5)12-8-6-11(15)7-9-12/h6-10H,15H2,1-5H3. The van der Waals surface area contributed by atoms with Crippen LogP contribution in [0.1, 0.15) is 34.6 Å². The molecule has 0 fully saturated rings. The highest BCUT2D eigenvalue weighted by Crippen LogP contribution is 2.21. The van der Waals surface area contributed by atoms with Gasteiger partial charge in [0.15, 0.2) is 0 Å². The number of hydrogen-bond acceptors (Lipinski definition) is 3. The first-order chi connectivity index (χ1) is 8.20. The predicted molar refractivity (Wildman–Crippen MR) is 74.7 cm³/mol. The SMILES string of the molecule is CC(C)N(C(=O)OC(C)(C)C)c1ccc(N)cc1. The first-order valence-corrected chi connectivity index (χ1v) is 6.08. The van der Waals surface area contributed by atoms with E-state index in [9.17, 15) is 4.79 Å². The van der Waals surface area contributed by atoms with Crippen LogP contribution in [0, 0.1) is 0 Å².